The van der Waals surface area contributed by atoms with E-state index in [9.17, 15) is 14.7 Å². The maximum absolute atomic E-state index is 13.7. The van der Waals surface area contributed by atoms with E-state index in [0.717, 1.165) is 54.7 Å². The highest BCUT2D eigenvalue weighted by molar-refractivity contribution is 8.00. The Morgan fingerprint density at radius 1 is 0.830 bits per heavy atom. The average Bonchev–Trinajstić information content (AvgIpc) is 3.07. The van der Waals surface area contributed by atoms with Crippen LogP contribution in [0.25, 0.3) is 0 Å². The number of piperidine rings is 1. The van der Waals surface area contributed by atoms with E-state index in [-0.39, 0.29) is 25.1 Å². The Bertz CT molecular complexity index is 1600. The highest BCUT2D eigenvalue weighted by Crippen LogP contribution is 2.41. The van der Waals surface area contributed by atoms with Crippen molar-refractivity contribution in [2.75, 3.05) is 19.7 Å². The topological polar surface area (TPSA) is 85.3 Å². The summed E-state index contributed by atoms with van der Waals surface area (Å²) in [5.41, 5.74) is 2.41. The normalized spacial score (nSPS) is 15.4. The highest BCUT2D eigenvalue weighted by atomic mass is 32.2. The Balaban J connectivity index is 1.22. The lowest BCUT2D eigenvalue weighted by Gasteiger charge is -2.32. The molecule has 1 saturated heterocycles. The van der Waals surface area contributed by atoms with Crippen molar-refractivity contribution < 1.29 is 28.9 Å². The van der Waals surface area contributed by atoms with Crippen LogP contribution >= 0.6 is 11.8 Å². The molecule has 0 aliphatic carbocycles. The largest absolute Gasteiger partial charge is 0.489 e. The molecule has 5 rings (SSSR count). The Hall–Kier alpha value is -4.11. The third-order valence-corrected chi connectivity index (χ3v) is 9.12. The predicted molar refractivity (Wildman–Crippen MR) is 184 cm³/mol. The van der Waals surface area contributed by atoms with E-state index in [1.165, 1.54) is 5.56 Å². The zero-order chi connectivity index (χ0) is 33.3. The number of thioether (sulfide) groups is 1. The summed E-state index contributed by atoms with van der Waals surface area (Å²) >= 11 is 1.05. The smallest absolute Gasteiger partial charge is 0.354 e. The van der Waals surface area contributed by atoms with Crippen molar-refractivity contribution in [3.05, 3.63) is 131 Å². The van der Waals surface area contributed by atoms with Gasteiger partial charge in [0.1, 0.15) is 18.0 Å². The van der Waals surface area contributed by atoms with E-state index >= 15 is 0 Å². The molecule has 0 spiro atoms. The van der Waals surface area contributed by atoms with Crippen molar-refractivity contribution in [1.82, 2.24) is 4.90 Å². The van der Waals surface area contributed by atoms with Crippen molar-refractivity contribution in [2.45, 2.75) is 62.2 Å². The standard InChI is InChI=1S/C39H43NO6S/c1-38(2,3)46-36(41)32-19-17-30(18-20-32)27-44-34-14-10-13-33(25-34)39(43,47-35-15-8-5-9-16-35)37(42)45-28-31-21-23-40(24-22-31)26-29-11-6-4-7-12-29/h4-20,25,31,43H,21-24,26-28H2,1-3H3. The van der Waals surface area contributed by atoms with Gasteiger partial charge in [-0.15, -0.1) is 0 Å². The van der Waals surface area contributed by atoms with Crippen LogP contribution in [-0.4, -0.2) is 47.2 Å². The van der Waals surface area contributed by atoms with Gasteiger partial charge < -0.3 is 19.3 Å². The van der Waals surface area contributed by atoms with Crippen LogP contribution in [-0.2, 0) is 32.4 Å². The molecule has 0 aromatic heterocycles. The minimum Gasteiger partial charge on any atom is -0.489 e. The zero-order valence-electron chi connectivity index (χ0n) is 27.3. The van der Waals surface area contributed by atoms with Crippen molar-refractivity contribution in [3.8, 4) is 5.75 Å². The first-order valence-corrected chi connectivity index (χ1v) is 16.8. The summed E-state index contributed by atoms with van der Waals surface area (Å²) in [6, 6.07) is 33.7. The third-order valence-electron chi connectivity index (χ3n) is 7.91. The van der Waals surface area contributed by atoms with Crippen LogP contribution < -0.4 is 4.74 Å². The Morgan fingerprint density at radius 2 is 1.49 bits per heavy atom. The second-order valence-electron chi connectivity index (χ2n) is 12.9. The quantitative estimate of drug-likeness (QED) is 0.0950. The van der Waals surface area contributed by atoms with Crippen molar-refractivity contribution in [3.63, 3.8) is 0 Å². The predicted octanol–water partition coefficient (Wildman–Crippen LogP) is 7.61. The summed E-state index contributed by atoms with van der Waals surface area (Å²) in [5.74, 6) is -0.362. The van der Waals surface area contributed by atoms with Crippen LogP contribution in [0.2, 0.25) is 0 Å². The Labute approximate surface area is 281 Å². The van der Waals surface area contributed by atoms with Gasteiger partial charge in [0.05, 0.1) is 12.2 Å². The lowest BCUT2D eigenvalue weighted by Crippen LogP contribution is -2.38. The average molecular weight is 654 g/mol. The van der Waals surface area contributed by atoms with Gasteiger partial charge in [0, 0.05) is 17.0 Å². The number of nitrogens with zero attached hydrogens (tertiary/aromatic N) is 1. The van der Waals surface area contributed by atoms with E-state index in [0.29, 0.717) is 16.9 Å². The number of hydrogen-bond donors (Lipinski definition) is 1. The fraction of sp³-hybridized carbons (Fsp3) is 0.333. The summed E-state index contributed by atoms with van der Waals surface area (Å²) < 4.78 is 17.3. The SMILES string of the molecule is CC(C)(C)OC(=O)c1ccc(COc2cccc(C(O)(Sc3ccccc3)C(=O)OCC3CCN(Cc4ccccc4)CC3)c2)cc1. The molecule has 1 unspecified atom stereocenters. The Morgan fingerprint density at radius 3 is 2.15 bits per heavy atom. The molecule has 4 aromatic rings. The molecular formula is C39H43NO6S. The fourth-order valence-corrected chi connectivity index (χ4v) is 6.38. The molecule has 0 amide bonds. The number of esters is 2. The molecule has 1 fully saturated rings. The first-order valence-electron chi connectivity index (χ1n) is 16.0. The van der Waals surface area contributed by atoms with Gasteiger partial charge >= 0.3 is 11.9 Å². The maximum atomic E-state index is 13.7. The number of rotatable bonds is 12. The number of aliphatic hydroxyl groups is 1. The molecule has 7 nitrogen and oxygen atoms in total. The van der Waals surface area contributed by atoms with Gasteiger partial charge in [0.25, 0.3) is 0 Å². The molecule has 246 valence electrons. The molecule has 1 heterocycles. The zero-order valence-corrected chi connectivity index (χ0v) is 28.1. The van der Waals surface area contributed by atoms with Gasteiger partial charge in [0.15, 0.2) is 0 Å². The lowest BCUT2D eigenvalue weighted by molar-refractivity contribution is -0.159. The van der Waals surface area contributed by atoms with Gasteiger partial charge in [-0.05, 0) is 100 Å². The first kappa shape index (κ1) is 34.2. The minimum atomic E-state index is -1.98. The highest BCUT2D eigenvalue weighted by Gasteiger charge is 2.42. The summed E-state index contributed by atoms with van der Waals surface area (Å²) in [4.78, 5) is 27.2. The van der Waals surface area contributed by atoms with Gasteiger partial charge in [-0.25, -0.2) is 9.59 Å². The lowest BCUT2D eigenvalue weighted by atomic mass is 9.97. The molecule has 1 aliphatic rings. The summed E-state index contributed by atoms with van der Waals surface area (Å²) in [7, 11) is 0. The van der Waals surface area contributed by atoms with Crippen LogP contribution in [0.3, 0.4) is 0 Å². The van der Waals surface area contributed by atoms with E-state index in [2.05, 4.69) is 29.2 Å². The second-order valence-corrected chi connectivity index (χ2v) is 14.1. The van der Waals surface area contributed by atoms with Crippen LogP contribution in [0.15, 0.2) is 114 Å². The molecule has 0 saturated carbocycles. The molecular weight excluding hydrogens is 610 g/mol. The van der Waals surface area contributed by atoms with E-state index < -0.39 is 16.5 Å². The van der Waals surface area contributed by atoms with Gasteiger partial charge in [-0.2, -0.15) is 0 Å². The minimum absolute atomic E-state index is 0.230. The van der Waals surface area contributed by atoms with Gasteiger partial charge in [-0.3, -0.25) is 4.90 Å². The van der Waals surface area contributed by atoms with Crippen LogP contribution in [0.4, 0.5) is 0 Å². The van der Waals surface area contributed by atoms with Crippen molar-refractivity contribution in [1.29, 1.82) is 0 Å². The number of carbonyl (C=O) groups excluding carboxylic acids is 2. The molecule has 1 N–H and O–H groups in total. The fourth-order valence-electron chi connectivity index (χ4n) is 5.36. The monoisotopic (exact) mass is 653 g/mol. The molecule has 1 atom stereocenters. The molecule has 1 aliphatic heterocycles. The molecule has 0 bridgehead atoms. The van der Waals surface area contributed by atoms with Crippen molar-refractivity contribution in [2.24, 2.45) is 5.92 Å². The van der Waals surface area contributed by atoms with Crippen LogP contribution in [0.5, 0.6) is 5.75 Å². The third kappa shape index (κ3) is 9.94. The van der Waals surface area contributed by atoms with E-state index in [1.54, 1.807) is 36.4 Å². The number of ether oxygens (including phenoxy) is 3. The number of hydrogen-bond acceptors (Lipinski definition) is 8. The second kappa shape index (κ2) is 15.7. The molecule has 47 heavy (non-hydrogen) atoms. The van der Waals surface area contributed by atoms with Crippen molar-refractivity contribution >= 4 is 23.7 Å². The first-order chi connectivity index (χ1) is 22.6. The van der Waals surface area contributed by atoms with Crippen LogP contribution in [0.1, 0.15) is 60.7 Å². The Kier molecular flexibility index (Phi) is 11.4. The maximum Gasteiger partial charge on any atom is 0.354 e. The number of carbonyl (C=O) groups is 2. The summed E-state index contributed by atoms with van der Waals surface area (Å²) in [5, 5.41) is 12.0. The van der Waals surface area contributed by atoms with E-state index in [1.807, 2.05) is 69.3 Å². The molecule has 4 aromatic carbocycles. The number of likely N-dealkylation sites (tertiary alicyclic amines) is 1. The number of benzene rings is 4. The summed E-state index contributed by atoms with van der Waals surface area (Å²) in [6.07, 6.45) is 1.85. The molecule has 0 radical (unpaired) electrons. The molecule has 8 heteroatoms. The van der Waals surface area contributed by atoms with Gasteiger partial charge in [0.2, 0.25) is 4.93 Å². The van der Waals surface area contributed by atoms with Gasteiger partial charge in [-0.1, -0.05) is 84.6 Å². The van der Waals surface area contributed by atoms with Crippen LogP contribution in [0, 0.1) is 5.92 Å². The van der Waals surface area contributed by atoms with E-state index in [4.69, 9.17) is 14.2 Å². The summed E-state index contributed by atoms with van der Waals surface area (Å²) in [6.45, 7) is 8.76.